The second-order valence-electron chi connectivity index (χ2n) is 15.4. The van der Waals surface area contributed by atoms with Crippen LogP contribution in [0.5, 0.6) is 11.5 Å². The van der Waals surface area contributed by atoms with E-state index in [1.807, 2.05) is 52.8 Å². The molecule has 0 saturated heterocycles. The van der Waals surface area contributed by atoms with Gasteiger partial charge in [-0.25, -0.2) is 26.9 Å². The highest BCUT2D eigenvalue weighted by Crippen LogP contribution is 2.41. The van der Waals surface area contributed by atoms with Gasteiger partial charge in [-0.2, -0.15) is 5.10 Å². The number of halogens is 2. The van der Waals surface area contributed by atoms with E-state index in [1.54, 1.807) is 26.2 Å². The summed E-state index contributed by atoms with van der Waals surface area (Å²) in [5.41, 5.74) is 1.55. The summed E-state index contributed by atoms with van der Waals surface area (Å²) in [5.74, 6) is -1.49. The number of aromatic amines is 1. The van der Waals surface area contributed by atoms with E-state index in [0.717, 1.165) is 11.1 Å². The number of aromatic nitrogens is 4. The van der Waals surface area contributed by atoms with E-state index in [0.29, 0.717) is 48.2 Å². The zero-order valence-electron chi connectivity index (χ0n) is 31.4. The number of hydrogen-bond donors (Lipinski definition) is 1. The Labute approximate surface area is 310 Å². The largest absolute Gasteiger partial charge is 0.466 e. The van der Waals surface area contributed by atoms with Crippen LogP contribution in [0.3, 0.4) is 0 Å². The van der Waals surface area contributed by atoms with Crippen molar-refractivity contribution in [3.05, 3.63) is 94.9 Å². The normalized spacial score (nSPS) is 20.0. The van der Waals surface area contributed by atoms with Crippen molar-refractivity contribution in [1.29, 1.82) is 0 Å². The number of H-pyrrole nitrogens is 1. The number of ether oxygens (including phenoxy) is 2. The summed E-state index contributed by atoms with van der Waals surface area (Å²) in [6.07, 6.45) is 3.49. The van der Waals surface area contributed by atoms with E-state index in [2.05, 4.69) is 11.1 Å². The molecule has 3 heterocycles. The lowest BCUT2D eigenvalue weighted by Crippen LogP contribution is -2.29. The summed E-state index contributed by atoms with van der Waals surface area (Å²) in [6, 6.07) is 15.2. The Kier molecular flexibility index (Phi) is 10.6. The summed E-state index contributed by atoms with van der Waals surface area (Å²) in [7, 11) is -1.89. The number of rotatable bonds is 5. The van der Waals surface area contributed by atoms with E-state index in [9.17, 15) is 13.2 Å². The predicted molar refractivity (Wildman–Crippen MR) is 202 cm³/mol. The minimum absolute atomic E-state index is 0.0299. The van der Waals surface area contributed by atoms with Crippen LogP contribution in [0.15, 0.2) is 60.8 Å². The van der Waals surface area contributed by atoms with Crippen LogP contribution < -0.4 is 4.74 Å². The topological polar surface area (TPSA) is 116 Å². The monoisotopic (exact) mass is 746 g/mol. The van der Waals surface area contributed by atoms with Crippen molar-refractivity contribution in [1.82, 2.24) is 19.7 Å². The Morgan fingerprint density at radius 3 is 2.58 bits per heavy atom. The maximum Gasteiger partial charge on any atom is 0.309 e. The van der Waals surface area contributed by atoms with Crippen molar-refractivity contribution in [3.8, 4) is 22.9 Å². The molecule has 0 fully saturated rings. The highest BCUT2D eigenvalue weighted by atomic mass is 32.2. The van der Waals surface area contributed by atoms with Crippen molar-refractivity contribution in [2.24, 2.45) is 18.4 Å². The molecule has 0 spiro atoms. The van der Waals surface area contributed by atoms with Crippen molar-refractivity contribution in [3.63, 3.8) is 0 Å². The number of carbonyl (C=O) groups excluding carboxylic acids is 1. The maximum absolute atomic E-state index is 15.7. The fourth-order valence-electron chi connectivity index (χ4n) is 7.53. The molecule has 3 unspecified atom stereocenters. The third kappa shape index (κ3) is 7.88. The van der Waals surface area contributed by atoms with Crippen LogP contribution in [0.25, 0.3) is 22.3 Å². The molecule has 0 radical (unpaired) electrons. The number of sulfone groups is 1. The van der Waals surface area contributed by atoms with Crippen LogP contribution in [0.4, 0.5) is 8.78 Å². The van der Waals surface area contributed by atoms with Gasteiger partial charge in [0.1, 0.15) is 11.6 Å². The SMILES string of the molecule is CCOC(=O)C(C)C(C)c1cccc(C2(C)CCCC(C)(C)CS(=O)(=O)CCc3c(c(F)cc4[nH]ccc34)Oc3ccc(F)c(c3)-c3nc2nn3C)c1. The number of aryl methyl sites for hydroxylation is 2. The minimum atomic E-state index is -3.59. The zero-order chi connectivity index (χ0) is 38.3. The van der Waals surface area contributed by atoms with Gasteiger partial charge in [0.25, 0.3) is 0 Å². The molecule has 1 aliphatic rings. The van der Waals surface area contributed by atoms with E-state index in [4.69, 9.17) is 19.6 Å². The third-order valence-electron chi connectivity index (χ3n) is 10.8. The number of nitrogens with one attached hydrogen (secondary N) is 1. The standard InChI is InChI=1S/C41H48F2N4O5S/c1-8-51-38(48)26(3)25(2)27-11-9-12-28(21-27)41(6)18-10-17-40(4,5)24-53(49,50)20-16-31-30-15-19-44-35(30)23-34(43)36(31)52-29-13-14-33(42)32(22-29)37-45-39(41)46-47(37)7/h9,11-15,19,21-23,25-26,44H,8,10,16-18,20,24H2,1-7H3. The molecule has 5 aromatic rings. The number of nitrogens with zero attached hydrogens (tertiary/aromatic N) is 3. The summed E-state index contributed by atoms with van der Waals surface area (Å²) >= 11 is 0. The fourth-order valence-corrected chi connectivity index (χ4v) is 9.52. The van der Waals surface area contributed by atoms with Gasteiger partial charge < -0.3 is 14.5 Å². The number of carbonyl (C=O) groups is 1. The molecular formula is C41H48F2N4O5S. The summed E-state index contributed by atoms with van der Waals surface area (Å²) in [4.78, 5) is 20.6. The third-order valence-corrected chi connectivity index (χ3v) is 12.8. The van der Waals surface area contributed by atoms with E-state index < -0.39 is 32.3 Å². The Morgan fingerprint density at radius 2 is 1.83 bits per heavy atom. The Bertz CT molecular complexity index is 2260. The summed E-state index contributed by atoms with van der Waals surface area (Å²) < 4.78 is 71.8. The van der Waals surface area contributed by atoms with Gasteiger partial charge in [-0.1, -0.05) is 58.4 Å². The average molecular weight is 747 g/mol. The zero-order valence-corrected chi connectivity index (χ0v) is 32.2. The number of benzene rings is 3. The molecule has 3 atom stereocenters. The summed E-state index contributed by atoms with van der Waals surface area (Å²) in [6.45, 7) is 11.9. The van der Waals surface area contributed by atoms with Crippen LogP contribution in [-0.2, 0) is 38.3 Å². The van der Waals surface area contributed by atoms with Crippen molar-refractivity contribution in [2.45, 2.75) is 78.6 Å². The van der Waals surface area contributed by atoms with Crippen molar-refractivity contribution in [2.75, 3.05) is 18.1 Å². The van der Waals surface area contributed by atoms with Gasteiger partial charge in [-0.15, -0.1) is 0 Å². The second kappa shape index (κ2) is 14.7. The van der Waals surface area contributed by atoms with E-state index in [1.165, 1.54) is 28.9 Å². The molecule has 0 amide bonds. The molecule has 9 nitrogen and oxygen atoms in total. The predicted octanol–water partition coefficient (Wildman–Crippen LogP) is 8.81. The summed E-state index contributed by atoms with van der Waals surface area (Å²) in [5, 5.41) is 5.51. The number of esters is 1. The van der Waals surface area contributed by atoms with E-state index in [-0.39, 0.29) is 58.6 Å². The molecule has 3 aromatic carbocycles. The molecular weight excluding hydrogens is 699 g/mol. The van der Waals surface area contributed by atoms with Gasteiger partial charge in [-0.05, 0) is 79.8 Å². The van der Waals surface area contributed by atoms with Gasteiger partial charge in [0.05, 0.1) is 35.0 Å². The fraction of sp³-hybridized carbons (Fsp3) is 0.439. The molecule has 53 heavy (non-hydrogen) atoms. The quantitative estimate of drug-likeness (QED) is 0.179. The van der Waals surface area contributed by atoms with Crippen LogP contribution in [0.1, 0.15) is 89.2 Å². The van der Waals surface area contributed by atoms with Gasteiger partial charge >= 0.3 is 5.97 Å². The van der Waals surface area contributed by atoms with Crippen LogP contribution in [0.2, 0.25) is 0 Å². The Balaban J connectivity index is 1.48. The molecule has 282 valence electrons. The first-order valence-electron chi connectivity index (χ1n) is 18.2. The number of fused-ring (bicyclic) bond motifs is 8. The Morgan fingerprint density at radius 1 is 1.06 bits per heavy atom. The lowest BCUT2D eigenvalue weighted by molar-refractivity contribution is -0.148. The van der Waals surface area contributed by atoms with Crippen LogP contribution in [0, 0.1) is 23.0 Å². The molecule has 4 bridgehead atoms. The highest BCUT2D eigenvalue weighted by Gasteiger charge is 2.37. The van der Waals surface area contributed by atoms with Crippen molar-refractivity contribution < 1.29 is 31.5 Å². The molecule has 6 rings (SSSR count). The molecule has 0 aliphatic carbocycles. The lowest BCUT2D eigenvalue weighted by Gasteiger charge is -2.31. The van der Waals surface area contributed by atoms with Crippen LogP contribution >= 0.6 is 0 Å². The van der Waals surface area contributed by atoms with Gasteiger partial charge in [0.15, 0.2) is 33.1 Å². The average Bonchev–Trinajstić information content (AvgIpc) is 3.73. The second-order valence-corrected chi connectivity index (χ2v) is 17.6. The van der Waals surface area contributed by atoms with Gasteiger partial charge in [-0.3, -0.25) is 4.79 Å². The van der Waals surface area contributed by atoms with Gasteiger partial charge in [0, 0.05) is 35.8 Å². The maximum atomic E-state index is 15.7. The molecule has 12 heteroatoms. The first-order chi connectivity index (χ1) is 25.0. The molecule has 0 saturated carbocycles. The molecule has 1 aliphatic heterocycles. The first-order valence-corrected chi connectivity index (χ1v) is 20.0. The lowest BCUT2D eigenvalue weighted by atomic mass is 9.74. The van der Waals surface area contributed by atoms with Gasteiger partial charge in [0.2, 0.25) is 0 Å². The Hall–Kier alpha value is -4.58. The minimum Gasteiger partial charge on any atom is -0.466 e. The molecule has 1 N–H and O–H groups in total. The first kappa shape index (κ1) is 38.2. The smallest absolute Gasteiger partial charge is 0.309 e. The van der Waals surface area contributed by atoms with Crippen LogP contribution in [-0.4, -0.2) is 52.2 Å². The highest BCUT2D eigenvalue weighted by molar-refractivity contribution is 7.91. The van der Waals surface area contributed by atoms with E-state index >= 15 is 8.78 Å². The molecule has 2 aromatic heterocycles. The van der Waals surface area contributed by atoms with Crippen molar-refractivity contribution >= 4 is 26.7 Å². The number of hydrogen-bond acceptors (Lipinski definition) is 7.